The Kier molecular flexibility index (Phi) is 6.65. The molecule has 0 bridgehead atoms. The van der Waals surface area contributed by atoms with Crippen molar-refractivity contribution in [1.82, 2.24) is 10.2 Å². The largest absolute Gasteiger partial charge is 0.315 e. The Labute approximate surface area is 115 Å². The molecule has 0 amide bonds. The van der Waals surface area contributed by atoms with Crippen LogP contribution in [0.3, 0.4) is 0 Å². The second-order valence-corrected chi connectivity index (χ2v) is 6.44. The van der Waals surface area contributed by atoms with Crippen LogP contribution in [0.1, 0.15) is 65.2 Å². The third kappa shape index (κ3) is 3.48. The molecule has 18 heavy (non-hydrogen) atoms. The van der Waals surface area contributed by atoms with Crippen LogP contribution in [0.4, 0.5) is 0 Å². The topological polar surface area (TPSA) is 15.3 Å². The molecule has 2 unspecified atom stereocenters. The summed E-state index contributed by atoms with van der Waals surface area (Å²) in [6, 6.07) is 0.630. The third-order valence-electron chi connectivity index (χ3n) is 5.06. The van der Waals surface area contributed by atoms with Gasteiger partial charge >= 0.3 is 0 Å². The van der Waals surface area contributed by atoms with Crippen LogP contribution in [0.25, 0.3) is 0 Å². The molecule has 2 heteroatoms. The highest BCUT2D eigenvalue weighted by molar-refractivity contribution is 5.01. The standard InChI is InChI=1S/C16H34N2/c1-6-11-14(2)15(17-3)16(18(4)5)12-9-7-8-10-13-16/h14-15,17H,6-13H2,1-5H3. The van der Waals surface area contributed by atoms with Gasteiger partial charge in [-0.1, -0.05) is 46.0 Å². The highest BCUT2D eigenvalue weighted by Gasteiger charge is 2.42. The van der Waals surface area contributed by atoms with Crippen LogP contribution in [-0.4, -0.2) is 37.6 Å². The Balaban J connectivity index is 2.91. The van der Waals surface area contributed by atoms with Gasteiger partial charge in [-0.15, -0.1) is 0 Å². The van der Waals surface area contributed by atoms with Crippen molar-refractivity contribution in [3.8, 4) is 0 Å². The molecule has 0 saturated heterocycles. The van der Waals surface area contributed by atoms with Gasteiger partial charge in [-0.25, -0.2) is 0 Å². The summed E-state index contributed by atoms with van der Waals surface area (Å²) in [7, 11) is 6.73. The van der Waals surface area contributed by atoms with Crippen molar-refractivity contribution in [2.45, 2.75) is 76.8 Å². The number of rotatable bonds is 6. The zero-order chi connectivity index (χ0) is 13.6. The van der Waals surface area contributed by atoms with E-state index in [9.17, 15) is 0 Å². The van der Waals surface area contributed by atoms with Gasteiger partial charge in [0.05, 0.1) is 0 Å². The first-order chi connectivity index (χ1) is 8.58. The van der Waals surface area contributed by atoms with Crippen molar-refractivity contribution in [2.24, 2.45) is 5.92 Å². The Morgan fingerprint density at radius 1 is 1.11 bits per heavy atom. The average molecular weight is 254 g/mol. The first-order valence-corrected chi connectivity index (χ1v) is 7.93. The molecule has 1 aliphatic carbocycles. The molecule has 108 valence electrons. The van der Waals surface area contributed by atoms with Gasteiger partial charge in [0.1, 0.15) is 0 Å². The van der Waals surface area contributed by atoms with Crippen molar-refractivity contribution in [1.29, 1.82) is 0 Å². The molecule has 2 nitrogen and oxygen atoms in total. The van der Waals surface area contributed by atoms with E-state index in [0.29, 0.717) is 11.6 Å². The van der Waals surface area contributed by atoms with Gasteiger partial charge in [-0.2, -0.15) is 0 Å². The van der Waals surface area contributed by atoms with E-state index >= 15 is 0 Å². The molecule has 0 heterocycles. The van der Waals surface area contributed by atoms with E-state index in [0.717, 1.165) is 5.92 Å². The molecule has 0 spiro atoms. The molecular weight excluding hydrogens is 220 g/mol. The third-order valence-corrected chi connectivity index (χ3v) is 5.06. The highest BCUT2D eigenvalue weighted by atomic mass is 15.2. The zero-order valence-corrected chi connectivity index (χ0v) is 13.3. The Hall–Kier alpha value is -0.0800. The van der Waals surface area contributed by atoms with E-state index in [1.54, 1.807) is 0 Å². The predicted octanol–water partition coefficient (Wildman–Crippen LogP) is 3.67. The van der Waals surface area contributed by atoms with Crippen molar-refractivity contribution in [3.63, 3.8) is 0 Å². The number of hydrogen-bond donors (Lipinski definition) is 1. The van der Waals surface area contributed by atoms with Crippen molar-refractivity contribution in [2.75, 3.05) is 21.1 Å². The molecule has 1 aliphatic rings. The SMILES string of the molecule is CCCC(C)C(NC)C1(N(C)C)CCCCCC1. The second kappa shape index (κ2) is 7.49. The van der Waals surface area contributed by atoms with Gasteiger partial charge in [-0.3, -0.25) is 0 Å². The minimum Gasteiger partial charge on any atom is -0.315 e. The lowest BCUT2D eigenvalue weighted by Crippen LogP contribution is -2.60. The van der Waals surface area contributed by atoms with Crippen molar-refractivity contribution in [3.05, 3.63) is 0 Å². The van der Waals surface area contributed by atoms with Crippen LogP contribution in [0, 0.1) is 5.92 Å². The van der Waals surface area contributed by atoms with Crippen LogP contribution in [0.15, 0.2) is 0 Å². The molecule has 0 radical (unpaired) electrons. The van der Waals surface area contributed by atoms with Crippen molar-refractivity contribution < 1.29 is 0 Å². The van der Waals surface area contributed by atoms with Crippen LogP contribution >= 0.6 is 0 Å². The summed E-state index contributed by atoms with van der Waals surface area (Å²) in [5, 5.41) is 3.66. The number of nitrogens with one attached hydrogen (secondary N) is 1. The first-order valence-electron chi connectivity index (χ1n) is 7.93. The molecule has 0 aromatic rings. The van der Waals surface area contributed by atoms with E-state index in [4.69, 9.17) is 0 Å². The second-order valence-electron chi connectivity index (χ2n) is 6.44. The maximum Gasteiger partial charge on any atom is 0.0358 e. The van der Waals surface area contributed by atoms with Crippen LogP contribution in [0.2, 0.25) is 0 Å². The fourth-order valence-electron chi connectivity index (χ4n) is 4.08. The monoisotopic (exact) mass is 254 g/mol. The number of likely N-dealkylation sites (N-methyl/N-ethyl adjacent to an activating group) is 2. The average Bonchev–Trinajstić information content (AvgIpc) is 2.57. The highest BCUT2D eigenvalue weighted by Crippen LogP contribution is 2.37. The molecule has 2 atom stereocenters. The lowest BCUT2D eigenvalue weighted by atomic mass is 9.75. The van der Waals surface area contributed by atoms with Gasteiger partial charge in [0.15, 0.2) is 0 Å². The fourth-order valence-corrected chi connectivity index (χ4v) is 4.08. The summed E-state index contributed by atoms with van der Waals surface area (Å²) >= 11 is 0. The van der Waals surface area contributed by atoms with Gasteiger partial charge in [0.2, 0.25) is 0 Å². The Morgan fingerprint density at radius 3 is 2.06 bits per heavy atom. The summed E-state index contributed by atoms with van der Waals surface area (Å²) in [5.74, 6) is 0.764. The maximum absolute atomic E-state index is 3.66. The van der Waals surface area contributed by atoms with Crippen LogP contribution < -0.4 is 5.32 Å². The van der Waals surface area contributed by atoms with Crippen LogP contribution in [0.5, 0.6) is 0 Å². The van der Waals surface area contributed by atoms with Gasteiger partial charge in [0, 0.05) is 11.6 Å². The normalized spacial score (nSPS) is 23.7. The molecule has 0 aliphatic heterocycles. The lowest BCUT2D eigenvalue weighted by molar-refractivity contribution is 0.0575. The summed E-state index contributed by atoms with van der Waals surface area (Å²) in [6.45, 7) is 4.74. The van der Waals surface area contributed by atoms with Gasteiger partial charge in [-0.05, 0) is 46.3 Å². The zero-order valence-electron chi connectivity index (χ0n) is 13.3. The van der Waals surface area contributed by atoms with E-state index in [1.165, 1.54) is 51.4 Å². The first kappa shape index (κ1) is 16.0. The van der Waals surface area contributed by atoms with E-state index in [-0.39, 0.29) is 0 Å². The molecular formula is C16H34N2. The number of hydrogen-bond acceptors (Lipinski definition) is 2. The smallest absolute Gasteiger partial charge is 0.0358 e. The lowest BCUT2D eigenvalue weighted by Gasteiger charge is -2.48. The molecule has 0 aromatic carbocycles. The molecule has 1 N–H and O–H groups in total. The predicted molar refractivity (Wildman–Crippen MR) is 81.0 cm³/mol. The van der Waals surface area contributed by atoms with Crippen LogP contribution in [-0.2, 0) is 0 Å². The minimum absolute atomic E-state index is 0.375. The molecule has 0 aromatic heterocycles. The molecule has 1 saturated carbocycles. The van der Waals surface area contributed by atoms with E-state index < -0.39 is 0 Å². The minimum atomic E-state index is 0.375. The van der Waals surface area contributed by atoms with E-state index in [1.807, 2.05) is 0 Å². The van der Waals surface area contributed by atoms with E-state index in [2.05, 4.69) is 45.2 Å². The summed E-state index contributed by atoms with van der Waals surface area (Å²) < 4.78 is 0. The van der Waals surface area contributed by atoms with Gasteiger partial charge in [0.25, 0.3) is 0 Å². The fraction of sp³-hybridized carbons (Fsp3) is 1.00. The summed E-state index contributed by atoms with van der Waals surface area (Å²) in [6.07, 6.45) is 11.0. The summed E-state index contributed by atoms with van der Waals surface area (Å²) in [4.78, 5) is 2.52. The number of nitrogens with zero attached hydrogens (tertiary/aromatic N) is 1. The van der Waals surface area contributed by atoms with Crippen molar-refractivity contribution >= 4 is 0 Å². The molecule has 1 fully saturated rings. The Bertz CT molecular complexity index is 217. The molecule has 1 rings (SSSR count). The van der Waals surface area contributed by atoms with Gasteiger partial charge < -0.3 is 10.2 Å². The Morgan fingerprint density at radius 2 is 1.67 bits per heavy atom. The summed E-state index contributed by atoms with van der Waals surface area (Å²) in [5.41, 5.74) is 0.375. The quantitative estimate of drug-likeness (QED) is 0.728. The maximum atomic E-state index is 3.66.